The van der Waals surface area contributed by atoms with Crippen molar-refractivity contribution < 1.29 is 9.90 Å². The van der Waals surface area contributed by atoms with Gasteiger partial charge in [0.05, 0.1) is 0 Å². The Hall–Kier alpha value is -0.570. The first-order chi connectivity index (χ1) is 6.56. The molecule has 84 valence electrons. The minimum Gasteiger partial charge on any atom is -0.481 e. The third kappa shape index (κ3) is 8.05. The molecule has 0 heterocycles. The van der Waals surface area contributed by atoms with Crippen LogP contribution in [0.5, 0.6) is 0 Å². The molecule has 14 heavy (non-hydrogen) atoms. The lowest BCUT2D eigenvalue weighted by atomic mass is 9.96. The van der Waals surface area contributed by atoms with Crippen LogP contribution in [0.15, 0.2) is 0 Å². The summed E-state index contributed by atoms with van der Waals surface area (Å²) in [6, 6.07) is 0.520. The van der Waals surface area contributed by atoms with E-state index in [0.29, 0.717) is 18.4 Å². The number of carboxylic acid groups (broad SMARTS) is 1. The van der Waals surface area contributed by atoms with Crippen LogP contribution < -0.4 is 5.32 Å². The highest BCUT2D eigenvalue weighted by Crippen LogP contribution is 2.14. The molecule has 0 aliphatic carbocycles. The van der Waals surface area contributed by atoms with Crippen molar-refractivity contribution in [2.24, 2.45) is 5.92 Å². The third-order valence-corrected chi connectivity index (χ3v) is 2.45. The van der Waals surface area contributed by atoms with Crippen LogP contribution in [0.4, 0.5) is 0 Å². The smallest absolute Gasteiger partial charge is 0.303 e. The van der Waals surface area contributed by atoms with Gasteiger partial charge in [-0.1, -0.05) is 27.2 Å². The van der Waals surface area contributed by atoms with E-state index >= 15 is 0 Å². The molecule has 0 radical (unpaired) electrons. The average molecular weight is 201 g/mol. The lowest BCUT2D eigenvalue weighted by Gasteiger charge is -2.15. The van der Waals surface area contributed by atoms with E-state index in [0.717, 1.165) is 25.8 Å². The molecule has 0 rings (SSSR count). The van der Waals surface area contributed by atoms with Gasteiger partial charge in [0.1, 0.15) is 0 Å². The molecule has 0 saturated heterocycles. The van der Waals surface area contributed by atoms with Gasteiger partial charge >= 0.3 is 5.97 Å². The summed E-state index contributed by atoms with van der Waals surface area (Å²) in [5.74, 6) is -0.127. The van der Waals surface area contributed by atoms with Gasteiger partial charge in [-0.2, -0.15) is 0 Å². The Morgan fingerprint density at radius 3 is 2.43 bits per heavy atom. The summed E-state index contributed by atoms with van der Waals surface area (Å²) in [6.45, 7) is 7.37. The van der Waals surface area contributed by atoms with Gasteiger partial charge in [0.15, 0.2) is 0 Å². The fourth-order valence-corrected chi connectivity index (χ4v) is 1.46. The minimum atomic E-state index is -0.680. The van der Waals surface area contributed by atoms with Gasteiger partial charge in [-0.05, 0) is 25.3 Å². The Kier molecular flexibility index (Phi) is 7.48. The van der Waals surface area contributed by atoms with Crippen molar-refractivity contribution in [2.75, 3.05) is 6.54 Å². The molecule has 2 N–H and O–H groups in total. The van der Waals surface area contributed by atoms with Gasteiger partial charge < -0.3 is 10.4 Å². The quantitative estimate of drug-likeness (QED) is 0.633. The fraction of sp³-hybridized carbons (Fsp3) is 0.909. The van der Waals surface area contributed by atoms with Crippen LogP contribution >= 0.6 is 0 Å². The van der Waals surface area contributed by atoms with Crippen molar-refractivity contribution in [3.05, 3.63) is 0 Å². The van der Waals surface area contributed by atoms with E-state index in [9.17, 15) is 4.79 Å². The molecule has 0 aromatic heterocycles. The zero-order valence-electron chi connectivity index (χ0n) is 9.55. The van der Waals surface area contributed by atoms with E-state index in [-0.39, 0.29) is 0 Å². The van der Waals surface area contributed by atoms with Crippen LogP contribution in [0.2, 0.25) is 0 Å². The van der Waals surface area contributed by atoms with Crippen LogP contribution in [0.25, 0.3) is 0 Å². The van der Waals surface area contributed by atoms with Crippen molar-refractivity contribution in [3.63, 3.8) is 0 Å². The fourth-order valence-electron chi connectivity index (χ4n) is 1.46. The molecule has 0 aliphatic heterocycles. The summed E-state index contributed by atoms with van der Waals surface area (Å²) in [5, 5.41) is 11.9. The van der Waals surface area contributed by atoms with Gasteiger partial charge in [-0.15, -0.1) is 0 Å². The molecule has 0 spiro atoms. The molecule has 3 heteroatoms. The molecule has 0 aliphatic rings. The van der Waals surface area contributed by atoms with E-state index in [2.05, 4.69) is 26.1 Å². The normalized spacial score (nSPS) is 13.1. The van der Waals surface area contributed by atoms with Crippen LogP contribution in [0, 0.1) is 5.92 Å². The molecule has 1 atom stereocenters. The number of hydrogen-bond acceptors (Lipinski definition) is 2. The maximum atomic E-state index is 10.4. The zero-order chi connectivity index (χ0) is 11.0. The Morgan fingerprint density at radius 1 is 1.36 bits per heavy atom. The second-order valence-corrected chi connectivity index (χ2v) is 4.10. The Labute approximate surface area is 86.9 Å². The topological polar surface area (TPSA) is 49.3 Å². The molecular formula is C11H23NO2. The lowest BCUT2D eigenvalue weighted by molar-refractivity contribution is -0.137. The average Bonchev–Trinajstić information content (AvgIpc) is 2.10. The molecular weight excluding hydrogens is 178 g/mol. The molecule has 1 unspecified atom stereocenters. The Morgan fingerprint density at radius 2 is 2.00 bits per heavy atom. The summed E-state index contributed by atoms with van der Waals surface area (Å²) in [5.41, 5.74) is 0. The molecule has 3 nitrogen and oxygen atoms in total. The highest BCUT2D eigenvalue weighted by molar-refractivity contribution is 5.66. The van der Waals surface area contributed by atoms with Crippen molar-refractivity contribution in [1.29, 1.82) is 0 Å². The standard InChI is InChI=1S/C11H23NO2/c1-4-10(5-6-11(13)14)7-8-12-9(2)3/h9-10,12H,4-8H2,1-3H3,(H,13,14). The Bertz CT molecular complexity index is 157. The van der Waals surface area contributed by atoms with Gasteiger partial charge in [-0.25, -0.2) is 0 Å². The van der Waals surface area contributed by atoms with E-state index in [1.807, 2.05) is 0 Å². The maximum Gasteiger partial charge on any atom is 0.303 e. The monoisotopic (exact) mass is 201 g/mol. The SMILES string of the molecule is CCC(CCNC(C)C)CCC(=O)O. The summed E-state index contributed by atoms with van der Waals surface area (Å²) >= 11 is 0. The number of nitrogens with one attached hydrogen (secondary N) is 1. The van der Waals surface area contributed by atoms with Crippen molar-refractivity contribution in [3.8, 4) is 0 Å². The number of carbonyl (C=O) groups is 1. The molecule has 0 aromatic carbocycles. The van der Waals surface area contributed by atoms with Crippen LogP contribution in [-0.4, -0.2) is 23.7 Å². The highest BCUT2D eigenvalue weighted by atomic mass is 16.4. The minimum absolute atomic E-state index is 0.306. The lowest BCUT2D eigenvalue weighted by Crippen LogP contribution is -2.25. The van der Waals surface area contributed by atoms with Gasteiger partial charge in [0, 0.05) is 12.5 Å². The predicted octanol–water partition coefficient (Wildman–Crippen LogP) is 2.27. The Balaban J connectivity index is 3.52. The highest BCUT2D eigenvalue weighted by Gasteiger charge is 2.08. The van der Waals surface area contributed by atoms with E-state index in [1.54, 1.807) is 0 Å². The first kappa shape index (κ1) is 13.4. The van der Waals surface area contributed by atoms with E-state index in [4.69, 9.17) is 5.11 Å². The number of rotatable bonds is 8. The molecule has 0 fully saturated rings. The summed E-state index contributed by atoms with van der Waals surface area (Å²) in [7, 11) is 0. The summed E-state index contributed by atoms with van der Waals surface area (Å²) < 4.78 is 0. The van der Waals surface area contributed by atoms with Crippen molar-refractivity contribution in [2.45, 2.75) is 52.5 Å². The number of hydrogen-bond donors (Lipinski definition) is 2. The van der Waals surface area contributed by atoms with E-state index in [1.165, 1.54) is 0 Å². The van der Waals surface area contributed by atoms with Crippen molar-refractivity contribution in [1.82, 2.24) is 5.32 Å². The van der Waals surface area contributed by atoms with E-state index < -0.39 is 5.97 Å². The first-order valence-electron chi connectivity index (χ1n) is 5.51. The largest absolute Gasteiger partial charge is 0.481 e. The summed E-state index contributed by atoms with van der Waals surface area (Å²) in [4.78, 5) is 10.4. The van der Waals surface area contributed by atoms with Gasteiger partial charge in [-0.3, -0.25) is 4.79 Å². The number of aliphatic carboxylic acids is 1. The van der Waals surface area contributed by atoms with Crippen LogP contribution in [0.1, 0.15) is 46.5 Å². The molecule has 0 bridgehead atoms. The molecule has 0 saturated carbocycles. The first-order valence-corrected chi connectivity index (χ1v) is 5.51. The summed E-state index contributed by atoms with van der Waals surface area (Å²) in [6.07, 6.45) is 3.28. The van der Waals surface area contributed by atoms with Gasteiger partial charge in [0.2, 0.25) is 0 Å². The molecule has 0 aromatic rings. The number of carboxylic acids is 1. The molecule has 0 amide bonds. The second kappa shape index (κ2) is 7.80. The maximum absolute atomic E-state index is 10.4. The van der Waals surface area contributed by atoms with Gasteiger partial charge in [0.25, 0.3) is 0 Å². The van der Waals surface area contributed by atoms with Crippen LogP contribution in [0.3, 0.4) is 0 Å². The third-order valence-electron chi connectivity index (χ3n) is 2.45. The predicted molar refractivity (Wildman–Crippen MR) is 58.4 cm³/mol. The zero-order valence-corrected chi connectivity index (χ0v) is 9.55. The van der Waals surface area contributed by atoms with Crippen LogP contribution in [-0.2, 0) is 4.79 Å². The van der Waals surface area contributed by atoms with Crippen molar-refractivity contribution >= 4 is 5.97 Å². The second-order valence-electron chi connectivity index (χ2n) is 4.10.